The van der Waals surface area contributed by atoms with Gasteiger partial charge in [-0.3, -0.25) is 19.3 Å². The molecule has 0 spiro atoms. The molecule has 0 saturated carbocycles. The molecule has 2 amide bonds. The van der Waals surface area contributed by atoms with Crippen molar-refractivity contribution in [1.29, 1.82) is 0 Å². The molecule has 3 rings (SSSR count). The Morgan fingerprint density at radius 1 is 1.17 bits per heavy atom. The van der Waals surface area contributed by atoms with Crippen LogP contribution in [0.25, 0.3) is 6.08 Å². The lowest BCUT2D eigenvalue weighted by Crippen LogP contribution is -2.33. The van der Waals surface area contributed by atoms with Gasteiger partial charge >= 0.3 is 5.97 Å². The smallest absolute Gasteiger partial charge is 0.323 e. The van der Waals surface area contributed by atoms with Crippen LogP contribution in [-0.2, 0) is 16.2 Å². The third kappa shape index (κ3) is 5.39. The normalized spacial score (nSPS) is 15.2. The highest BCUT2D eigenvalue weighted by Gasteiger charge is 2.36. The number of thioether (sulfide) groups is 1. The predicted octanol–water partition coefficient (Wildman–Crippen LogP) is 6.22. The highest BCUT2D eigenvalue weighted by atomic mass is 79.9. The van der Waals surface area contributed by atoms with Crippen molar-refractivity contribution in [2.24, 2.45) is 0 Å². The number of ether oxygens (including phenoxy) is 1. The first-order valence-corrected chi connectivity index (χ1v) is 11.3. The van der Waals surface area contributed by atoms with Crippen molar-refractivity contribution in [3.63, 3.8) is 0 Å². The number of carbonyl (C=O) groups excluding carboxylic acids is 2. The molecule has 1 aliphatic heterocycles. The Hall–Kier alpha value is -1.52. The number of imide groups is 1. The lowest BCUT2D eigenvalue weighted by molar-refractivity contribution is -0.140. The fraction of sp³-hybridized carbons (Fsp3) is 0.105. The van der Waals surface area contributed by atoms with Gasteiger partial charge in [0.25, 0.3) is 11.1 Å². The molecule has 0 aliphatic carbocycles. The summed E-state index contributed by atoms with van der Waals surface area (Å²) in [7, 11) is 0. The first-order valence-electron chi connectivity index (χ1n) is 8.18. The average molecular weight is 596 g/mol. The quantitative estimate of drug-likeness (QED) is 0.399. The van der Waals surface area contributed by atoms with Crippen LogP contribution in [0.15, 0.2) is 44.2 Å². The number of nitrogens with zero attached hydrogens (tertiary/aromatic N) is 1. The van der Waals surface area contributed by atoms with E-state index in [0.717, 1.165) is 5.56 Å². The molecular formula is C19H11Br2Cl2NO5S. The Morgan fingerprint density at radius 3 is 2.43 bits per heavy atom. The van der Waals surface area contributed by atoms with Gasteiger partial charge in [0.1, 0.15) is 18.9 Å². The fourth-order valence-corrected chi connectivity index (χ4v) is 5.26. The summed E-state index contributed by atoms with van der Waals surface area (Å²) in [6.45, 7) is -0.462. The van der Waals surface area contributed by atoms with Crippen molar-refractivity contribution in [1.82, 2.24) is 4.90 Å². The largest absolute Gasteiger partial charge is 0.486 e. The summed E-state index contributed by atoms with van der Waals surface area (Å²) in [5.74, 6) is -1.37. The van der Waals surface area contributed by atoms with E-state index in [-0.39, 0.29) is 11.5 Å². The third-order valence-electron chi connectivity index (χ3n) is 3.87. The van der Waals surface area contributed by atoms with Crippen LogP contribution in [0.1, 0.15) is 11.1 Å². The molecule has 1 aliphatic rings. The van der Waals surface area contributed by atoms with Gasteiger partial charge in [-0.05, 0) is 79.5 Å². The number of amides is 2. The van der Waals surface area contributed by atoms with E-state index >= 15 is 0 Å². The van der Waals surface area contributed by atoms with Crippen molar-refractivity contribution in [3.8, 4) is 5.75 Å². The summed E-state index contributed by atoms with van der Waals surface area (Å²) in [5.41, 5.74) is 1.38. The second-order valence-corrected chi connectivity index (χ2v) is 9.55. The second kappa shape index (κ2) is 9.74. The van der Waals surface area contributed by atoms with Gasteiger partial charge in [0.05, 0.1) is 13.9 Å². The van der Waals surface area contributed by atoms with Crippen LogP contribution in [0.4, 0.5) is 4.79 Å². The number of carbonyl (C=O) groups is 3. The summed E-state index contributed by atoms with van der Waals surface area (Å²) in [6, 6.07) is 8.56. The van der Waals surface area contributed by atoms with Crippen LogP contribution >= 0.6 is 66.8 Å². The molecule has 0 aromatic heterocycles. The van der Waals surface area contributed by atoms with Crippen LogP contribution in [0.5, 0.6) is 5.75 Å². The minimum absolute atomic E-state index is 0.140. The van der Waals surface area contributed by atoms with Crippen molar-refractivity contribution >= 4 is 90.0 Å². The molecule has 1 fully saturated rings. The van der Waals surface area contributed by atoms with Crippen molar-refractivity contribution in [3.05, 3.63) is 65.4 Å². The molecule has 0 bridgehead atoms. The van der Waals surface area contributed by atoms with Gasteiger partial charge in [-0.1, -0.05) is 29.3 Å². The summed E-state index contributed by atoms with van der Waals surface area (Å²) in [4.78, 5) is 35.8. The van der Waals surface area contributed by atoms with Crippen LogP contribution in [0.3, 0.4) is 0 Å². The molecule has 156 valence electrons. The van der Waals surface area contributed by atoms with E-state index in [0.29, 0.717) is 47.0 Å². The Balaban J connectivity index is 1.79. The summed E-state index contributed by atoms with van der Waals surface area (Å²) in [5, 5.41) is 9.24. The van der Waals surface area contributed by atoms with Gasteiger partial charge in [0.2, 0.25) is 0 Å². The maximum Gasteiger partial charge on any atom is 0.323 e. The van der Waals surface area contributed by atoms with E-state index in [4.69, 9.17) is 33.0 Å². The number of benzene rings is 2. The predicted molar refractivity (Wildman–Crippen MR) is 123 cm³/mol. The van der Waals surface area contributed by atoms with E-state index in [9.17, 15) is 14.4 Å². The summed E-state index contributed by atoms with van der Waals surface area (Å²) >= 11 is 19.6. The highest BCUT2D eigenvalue weighted by Crippen LogP contribution is 2.38. The lowest BCUT2D eigenvalue weighted by Gasteiger charge is -2.12. The molecule has 0 unspecified atom stereocenters. The first kappa shape index (κ1) is 23.1. The lowest BCUT2D eigenvalue weighted by atomic mass is 10.2. The highest BCUT2D eigenvalue weighted by molar-refractivity contribution is 9.11. The monoisotopic (exact) mass is 593 g/mol. The van der Waals surface area contributed by atoms with E-state index in [1.807, 2.05) is 0 Å². The number of hydrogen-bond donors (Lipinski definition) is 1. The minimum Gasteiger partial charge on any atom is -0.486 e. The molecule has 1 heterocycles. The number of aliphatic carboxylic acids is 1. The van der Waals surface area contributed by atoms with Gasteiger partial charge in [-0.25, -0.2) is 0 Å². The molecule has 0 atom stereocenters. The van der Waals surface area contributed by atoms with Crippen LogP contribution in [-0.4, -0.2) is 33.7 Å². The minimum atomic E-state index is -1.26. The van der Waals surface area contributed by atoms with Crippen molar-refractivity contribution < 1.29 is 24.2 Å². The van der Waals surface area contributed by atoms with E-state index in [1.54, 1.807) is 30.3 Å². The van der Waals surface area contributed by atoms with E-state index < -0.39 is 23.7 Å². The Kier molecular flexibility index (Phi) is 7.52. The van der Waals surface area contributed by atoms with Gasteiger partial charge in [0, 0.05) is 15.6 Å². The standard InChI is InChI=1S/C19H11Br2Cl2NO5S/c20-12-3-9(5-15-18(27)24(7-16(25)26)19(28)30-15)4-13(21)17(12)29-8-10-1-2-11(22)6-14(10)23/h1-6H,7-8H2,(H,25,26)/b15-5+. The third-order valence-corrected chi connectivity index (χ3v) is 6.54. The average Bonchev–Trinajstić information content (AvgIpc) is 2.89. The molecule has 2 aromatic rings. The van der Waals surface area contributed by atoms with Crippen molar-refractivity contribution in [2.75, 3.05) is 6.54 Å². The zero-order valence-electron chi connectivity index (χ0n) is 14.8. The van der Waals surface area contributed by atoms with E-state index in [1.165, 1.54) is 6.08 Å². The summed E-state index contributed by atoms with van der Waals surface area (Å²) < 4.78 is 7.08. The number of rotatable bonds is 6. The Bertz CT molecular complexity index is 1070. The van der Waals surface area contributed by atoms with Gasteiger partial charge in [-0.2, -0.15) is 0 Å². The molecule has 11 heteroatoms. The van der Waals surface area contributed by atoms with Crippen LogP contribution in [0.2, 0.25) is 10.0 Å². The summed E-state index contributed by atoms with van der Waals surface area (Å²) in [6.07, 6.45) is 1.52. The molecule has 6 nitrogen and oxygen atoms in total. The van der Waals surface area contributed by atoms with Crippen molar-refractivity contribution in [2.45, 2.75) is 6.61 Å². The zero-order valence-corrected chi connectivity index (χ0v) is 20.3. The molecule has 1 N–H and O–H groups in total. The number of carboxylic acids is 1. The Labute approximate surface area is 202 Å². The van der Waals surface area contributed by atoms with E-state index in [2.05, 4.69) is 31.9 Å². The maximum absolute atomic E-state index is 12.3. The SMILES string of the molecule is O=C(O)CN1C(=O)S/C(=C/c2cc(Br)c(OCc3ccc(Cl)cc3Cl)c(Br)c2)C1=O. The molecule has 30 heavy (non-hydrogen) atoms. The fourth-order valence-electron chi connectivity index (χ4n) is 2.51. The van der Waals surface area contributed by atoms with Crippen LogP contribution in [0, 0.1) is 0 Å². The second-order valence-electron chi connectivity index (χ2n) is 6.00. The maximum atomic E-state index is 12.3. The topological polar surface area (TPSA) is 83.9 Å². The Morgan fingerprint density at radius 2 is 1.83 bits per heavy atom. The zero-order chi connectivity index (χ0) is 22.0. The molecule has 2 aromatic carbocycles. The van der Waals surface area contributed by atoms with Crippen LogP contribution < -0.4 is 4.74 Å². The molecule has 1 saturated heterocycles. The molecule has 0 radical (unpaired) electrons. The molecular weight excluding hydrogens is 585 g/mol. The van der Waals surface area contributed by atoms with Gasteiger partial charge in [0.15, 0.2) is 0 Å². The number of halogens is 4. The number of hydrogen-bond acceptors (Lipinski definition) is 5. The van der Waals surface area contributed by atoms with Gasteiger partial charge in [-0.15, -0.1) is 0 Å². The number of carboxylic acid groups (broad SMARTS) is 1. The van der Waals surface area contributed by atoms with Gasteiger partial charge < -0.3 is 9.84 Å². The first-order chi connectivity index (χ1) is 14.2.